The maximum absolute atomic E-state index is 12.7. The zero-order valence-electron chi connectivity index (χ0n) is 13.7. The Morgan fingerprint density at radius 3 is 2.78 bits per heavy atom. The van der Waals surface area contributed by atoms with Crippen LogP contribution in [-0.4, -0.2) is 42.0 Å². The van der Waals surface area contributed by atoms with E-state index in [2.05, 4.69) is 0 Å². The van der Waals surface area contributed by atoms with Crippen LogP contribution in [0.3, 0.4) is 0 Å². The van der Waals surface area contributed by atoms with E-state index < -0.39 is 12.2 Å². The number of urea groups is 1. The van der Waals surface area contributed by atoms with Crippen LogP contribution >= 0.6 is 0 Å². The van der Waals surface area contributed by atoms with E-state index in [0.717, 1.165) is 12.0 Å². The number of rotatable bonds is 5. The molecule has 124 valence electrons. The van der Waals surface area contributed by atoms with Gasteiger partial charge in [0.05, 0.1) is 12.7 Å². The number of esters is 1. The fourth-order valence-corrected chi connectivity index (χ4v) is 2.48. The Morgan fingerprint density at radius 2 is 2.13 bits per heavy atom. The largest absolute Gasteiger partial charge is 0.472 e. The molecule has 1 aromatic carbocycles. The highest BCUT2D eigenvalue weighted by Gasteiger charge is 2.31. The van der Waals surface area contributed by atoms with E-state index in [0.29, 0.717) is 18.7 Å². The summed E-state index contributed by atoms with van der Waals surface area (Å²) in [5.41, 5.74) is 1.15. The number of nitrogens with zero attached hydrogens (tertiary/aromatic N) is 2. The normalized spacial score (nSPS) is 16.1. The number of hydrogen-bond donors (Lipinski definition) is 0. The molecule has 0 radical (unpaired) electrons. The van der Waals surface area contributed by atoms with Crippen LogP contribution in [0.15, 0.2) is 36.7 Å². The zero-order valence-corrected chi connectivity index (χ0v) is 13.7. The lowest BCUT2D eigenvalue weighted by atomic mass is 10.1. The van der Waals surface area contributed by atoms with Gasteiger partial charge in [-0.1, -0.05) is 19.1 Å². The smallest absolute Gasteiger partial charge is 0.337 e. The summed E-state index contributed by atoms with van der Waals surface area (Å²) < 4.78 is 10.3. The first kappa shape index (κ1) is 16.9. The average molecular weight is 318 g/mol. The summed E-state index contributed by atoms with van der Waals surface area (Å²) in [6.45, 7) is 5.30. The Labute approximate surface area is 136 Å². The Morgan fingerprint density at radius 1 is 1.35 bits per heavy atom. The van der Waals surface area contributed by atoms with E-state index in [1.165, 1.54) is 18.3 Å². The predicted molar refractivity (Wildman–Crippen MR) is 85.5 cm³/mol. The van der Waals surface area contributed by atoms with Crippen LogP contribution in [0.25, 0.3) is 0 Å². The van der Waals surface area contributed by atoms with Crippen LogP contribution in [0.4, 0.5) is 4.79 Å². The molecule has 0 saturated heterocycles. The van der Waals surface area contributed by atoms with Gasteiger partial charge >= 0.3 is 12.0 Å². The number of amides is 2. The Balaban J connectivity index is 2.22. The topological polar surface area (TPSA) is 59.1 Å². The van der Waals surface area contributed by atoms with Gasteiger partial charge in [-0.2, -0.15) is 0 Å². The van der Waals surface area contributed by atoms with Gasteiger partial charge in [-0.3, -0.25) is 4.90 Å². The molecule has 0 N–H and O–H groups in total. The molecule has 0 aliphatic carbocycles. The molecule has 1 aliphatic rings. The number of benzene rings is 1. The molecule has 6 heteroatoms. The van der Waals surface area contributed by atoms with Gasteiger partial charge in [-0.15, -0.1) is 0 Å². The molecule has 1 atom stereocenters. The van der Waals surface area contributed by atoms with Crippen LogP contribution in [0.2, 0.25) is 0 Å². The molecule has 0 spiro atoms. The number of carbonyl (C=O) groups is 2. The Kier molecular flexibility index (Phi) is 5.62. The van der Waals surface area contributed by atoms with Crippen LogP contribution in [0, 0.1) is 0 Å². The highest BCUT2D eigenvalue weighted by Crippen LogP contribution is 2.29. The second kappa shape index (κ2) is 7.67. The predicted octanol–water partition coefficient (Wildman–Crippen LogP) is 3.13. The molecule has 6 nitrogen and oxygen atoms in total. The Bertz CT molecular complexity index is 600. The third-order valence-electron chi connectivity index (χ3n) is 3.64. The number of methoxy groups -OCH3 is 1. The van der Waals surface area contributed by atoms with Gasteiger partial charge in [-0.25, -0.2) is 9.59 Å². The van der Waals surface area contributed by atoms with Crippen molar-refractivity contribution in [3.63, 3.8) is 0 Å². The van der Waals surface area contributed by atoms with Crippen molar-refractivity contribution in [2.24, 2.45) is 0 Å². The maximum atomic E-state index is 12.7. The molecule has 1 unspecified atom stereocenters. The van der Waals surface area contributed by atoms with Crippen LogP contribution in [-0.2, 0) is 9.47 Å². The maximum Gasteiger partial charge on any atom is 0.337 e. The van der Waals surface area contributed by atoms with Gasteiger partial charge in [0.25, 0.3) is 0 Å². The minimum absolute atomic E-state index is 0.114. The summed E-state index contributed by atoms with van der Waals surface area (Å²) in [6, 6.07) is 6.80. The second-order valence-corrected chi connectivity index (χ2v) is 5.16. The third kappa shape index (κ3) is 3.64. The molecule has 1 aliphatic heterocycles. The standard InChI is InChI=1S/C17H22N2O4/c1-4-9-18(5-2)17(21)19-10-11-23-15(19)13-7-6-8-14(12-13)16(20)22-3/h6-8,10-12,15H,4-5,9H2,1-3H3. The van der Waals surface area contributed by atoms with Gasteiger partial charge in [0, 0.05) is 24.9 Å². The van der Waals surface area contributed by atoms with Crippen molar-refractivity contribution in [3.05, 3.63) is 47.9 Å². The van der Waals surface area contributed by atoms with Gasteiger partial charge < -0.3 is 14.4 Å². The van der Waals surface area contributed by atoms with E-state index in [9.17, 15) is 9.59 Å². The molecule has 1 aromatic rings. The average Bonchev–Trinajstić information content (AvgIpc) is 3.08. The molecule has 2 rings (SSSR count). The molecule has 23 heavy (non-hydrogen) atoms. The summed E-state index contributed by atoms with van der Waals surface area (Å²) in [4.78, 5) is 27.6. The summed E-state index contributed by atoms with van der Waals surface area (Å²) in [7, 11) is 1.34. The molecule has 0 bridgehead atoms. The quantitative estimate of drug-likeness (QED) is 0.783. The molecule has 1 heterocycles. The van der Waals surface area contributed by atoms with E-state index in [4.69, 9.17) is 9.47 Å². The second-order valence-electron chi connectivity index (χ2n) is 5.16. The lowest BCUT2D eigenvalue weighted by Gasteiger charge is -2.29. The fraction of sp³-hybridized carbons (Fsp3) is 0.412. The van der Waals surface area contributed by atoms with Gasteiger partial charge in [0.1, 0.15) is 6.26 Å². The highest BCUT2D eigenvalue weighted by atomic mass is 16.5. The van der Waals surface area contributed by atoms with Crippen molar-refractivity contribution >= 4 is 12.0 Å². The van der Waals surface area contributed by atoms with Crippen molar-refractivity contribution in [2.75, 3.05) is 20.2 Å². The lowest BCUT2D eigenvalue weighted by Crippen LogP contribution is -2.41. The summed E-state index contributed by atoms with van der Waals surface area (Å²) in [5.74, 6) is -0.420. The van der Waals surface area contributed by atoms with Crippen LogP contribution in [0.1, 0.15) is 42.4 Å². The molecule has 0 aromatic heterocycles. The van der Waals surface area contributed by atoms with Gasteiger partial charge in [0.15, 0.2) is 0 Å². The first-order valence-corrected chi connectivity index (χ1v) is 7.70. The number of ether oxygens (including phenoxy) is 2. The molecular formula is C17H22N2O4. The fourth-order valence-electron chi connectivity index (χ4n) is 2.48. The van der Waals surface area contributed by atoms with Crippen molar-refractivity contribution in [3.8, 4) is 0 Å². The zero-order chi connectivity index (χ0) is 16.8. The number of carbonyl (C=O) groups excluding carboxylic acids is 2. The summed E-state index contributed by atoms with van der Waals surface area (Å²) in [6.07, 6.45) is 3.43. The van der Waals surface area contributed by atoms with E-state index in [-0.39, 0.29) is 6.03 Å². The van der Waals surface area contributed by atoms with Crippen molar-refractivity contribution in [2.45, 2.75) is 26.5 Å². The van der Waals surface area contributed by atoms with E-state index in [1.54, 1.807) is 29.3 Å². The highest BCUT2D eigenvalue weighted by molar-refractivity contribution is 5.89. The summed E-state index contributed by atoms with van der Waals surface area (Å²) >= 11 is 0. The van der Waals surface area contributed by atoms with Crippen LogP contribution < -0.4 is 0 Å². The first-order valence-electron chi connectivity index (χ1n) is 7.70. The van der Waals surface area contributed by atoms with E-state index >= 15 is 0 Å². The molecule has 0 fully saturated rings. The van der Waals surface area contributed by atoms with Crippen molar-refractivity contribution < 1.29 is 19.1 Å². The minimum atomic E-state index is -0.571. The Hall–Kier alpha value is -2.50. The number of hydrogen-bond acceptors (Lipinski definition) is 4. The molecular weight excluding hydrogens is 296 g/mol. The van der Waals surface area contributed by atoms with Crippen molar-refractivity contribution in [1.29, 1.82) is 0 Å². The van der Waals surface area contributed by atoms with Crippen molar-refractivity contribution in [1.82, 2.24) is 9.80 Å². The third-order valence-corrected chi connectivity index (χ3v) is 3.64. The van der Waals surface area contributed by atoms with Gasteiger partial charge in [-0.05, 0) is 25.5 Å². The summed E-state index contributed by atoms with van der Waals surface area (Å²) in [5, 5.41) is 0. The van der Waals surface area contributed by atoms with Crippen LogP contribution in [0.5, 0.6) is 0 Å². The molecule has 0 saturated carbocycles. The monoisotopic (exact) mass is 318 g/mol. The SMILES string of the molecule is CCCN(CC)C(=O)N1C=COC1c1cccc(C(=O)OC)c1. The van der Waals surface area contributed by atoms with E-state index in [1.807, 2.05) is 19.9 Å². The first-order chi connectivity index (χ1) is 11.1. The minimum Gasteiger partial charge on any atom is -0.472 e. The molecule has 2 amide bonds. The van der Waals surface area contributed by atoms with Gasteiger partial charge in [0.2, 0.25) is 6.23 Å². The lowest BCUT2D eigenvalue weighted by molar-refractivity contribution is 0.0589.